The number of allylic oxidation sites excluding steroid dienone is 1. The fraction of sp³-hybridized carbons (Fsp3) is 0.250. The molecule has 2 heterocycles. The van der Waals surface area contributed by atoms with Crippen LogP contribution < -0.4 is 4.74 Å². The Hall–Kier alpha value is -2.86. The molecule has 0 bridgehead atoms. The molecule has 0 amide bonds. The van der Waals surface area contributed by atoms with Gasteiger partial charge in [0, 0.05) is 24.5 Å². The summed E-state index contributed by atoms with van der Waals surface area (Å²) in [5.41, 5.74) is 4.08. The molecule has 0 saturated heterocycles. The molecular formula is C20H21ClN4O2. The summed E-state index contributed by atoms with van der Waals surface area (Å²) >= 11 is 5.93. The number of carbonyl (C=O) groups excluding carboxylic acids is 1. The number of hydrogen-bond acceptors (Lipinski definition) is 4. The lowest BCUT2D eigenvalue weighted by Gasteiger charge is -2.09. The number of benzene rings is 1. The highest BCUT2D eigenvalue weighted by Crippen LogP contribution is 2.22. The predicted octanol–water partition coefficient (Wildman–Crippen LogP) is 3.84. The van der Waals surface area contributed by atoms with Gasteiger partial charge in [0.1, 0.15) is 5.75 Å². The maximum absolute atomic E-state index is 12.6. The number of ether oxygens (including phenoxy) is 1. The minimum absolute atomic E-state index is 0.0608. The van der Waals surface area contributed by atoms with Crippen molar-refractivity contribution in [2.24, 2.45) is 7.05 Å². The normalized spacial score (nSPS) is 11.3. The van der Waals surface area contributed by atoms with Crippen molar-refractivity contribution in [1.29, 1.82) is 0 Å². The van der Waals surface area contributed by atoms with Crippen molar-refractivity contribution in [2.45, 2.75) is 20.4 Å². The molecule has 0 atom stereocenters. The summed E-state index contributed by atoms with van der Waals surface area (Å²) in [4.78, 5) is 12.6. The molecule has 0 fully saturated rings. The van der Waals surface area contributed by atoms with Crippen LogP contribution in [0.2, 0.25) is 5.02 Å². The molecule has 140 valence electrons. The third kappa shape index (κ3) is 4.11. The maximum atomic E-state index is 12.6. The van der Waals surface area contributed by atoms with Crippen LogP contribution in [-0.4, -0.2) is 32.5 Å². The van der Waals surface area contributed by atoms with Crippen LogP contribution in [0.1, 0.15) is 32.9 Å². The van der Waals surface area contributed by atoms with Crippen molar-refractivity contribution in [1.82, 2.24) is 19.6 Å². The first-order chi connectivity index (χ1) is 12.9. The SMILES string of the molecule is COc1ccc(/C=C/C(=O)c2c(C)nn(C)c2C)cc1Cn1cc(Cl)cn1. The van der Waals surface area contributed by atoms with E-state index in [1.165, 1.54) is 0 Å². The third-order valence-electron chi connectivity index (χ3n) is 4.42. The molecule has 0 N–H and O–H groups in total. The first kappa shape index (κ1) is 18.9. The van der Waals surface area contributed by atoms with E-state index in [0.29, 0.717) is 17.1 Å². The van der Waals surface area contributed by atoms with Crippen molar-refractivity contribution < 1.29 is 9.53 Å². The summed E-state index contributed by atoms with van der Waals surface area (Å²) in [6.45, 7) is 4.25. The molecule has 2 aromatic heterocycles. The lowest BCUT2D eigenvalue weighted by molar-refractivity contribution is 0.104. The Morgan fingerprint density at radius 3 is 2.70 bits per heavy atom. The average molecular weight is 385 g/mol. The Labute approximate surface area is 163 Å². The maximum Gasteiger partial charge on any atom is 0.189 e. The summed E-state index contributed by atoms with van der Waals surface area (Å²) in [5, 5.41) is 9.08. The van der Waals surface area contributed by atoms with Crippen LogP contribution in [0, 0.1) is 13.8 Å². The molecule has 0 radical (unpaired) electrons. The van der Waals surface area contributed by atoms with E-state index in [-0.39, 0.29) is 5.78 Å². The van der Waals surface area contributed by atoms with Crippen LogP contribution in [0.5, 0.6) is 5.75 Å². The monoisotopic (exact) mass is 384 g/mol. The van der Waals surface area contributed by atoms with E-state index in [1.54, 1.807) is 41.0 Å². The third-order valence-corrected chi connectivity index (χ3v) is 4.62. The van der Waals surface area contributed by atoms with Gasteiger partial charge in [-0.15, -0.1) is 0 Å². The Balaban J connectivity index is 1.85. The first-order valence-corrected chi connectivity index (χ1v) is 8.84. The van der Waals surface area contributed by atoms with Gasteiger partial charge in [-0.2, -0.15) is 10.2 Å². The second kappa shape index (κ2) is 7.80. The fourth-order valence-corrected chi connectivity index (χ4v) is 3.17. The molecule has 0 aliphatic carbocycles. The number of nitrogens with zero attached hydrogens (tertiary/aromatic N) is 4. The number of aromatic nitrogens is 4. The lowest BCUT2D eigenvalue weighted by Crippen LogP contribution is -2.02. The largest absolute Gasteiger partial charge is 0.496 e. The molecule has 27 heavy (non-hydrogen) atoms. The van der Waals surface area contributed by atoms with E-state index in [4.69, 9.17) is 16.3 Å². The zero-order chi connectivity index (χ0) is 19.6. The lowest BCUT2D eigenvalue weighted by atomic mass is 10.1. The van der Waals surface area contributed by atoms with Crippen LogP contribution in [0.25, 0.3) is 6.08 Å². The first-order valence-electron chi connectivity index (χ1n) is 8.46. The highest BCUT2D eigenvalue weighted by Gasteiger charge is 2.15. The molecule has 0 saturated carbocycles. The average Bonchev–Trinajstić information content (AvgIpc) is 3.15. The van der Waals surface area contributed by atoms with Gasteiger partial charge in [-0.3, -0.25) is 14.2 Å². The predicted molar refractivity (Wildman–Crippen MR) is 105 cm³/mol. The topological polar surface area (TPSA) is 61.9 Å². The second-order valence-corrected chi connectivity index (χ2v) is 6.73. The van der Waals surface area contributed by atoms with Crippen LogP contribution in [-0.2, 0) is 13.6 Å². The molecule has 6 nitrogen and oxygen atoms in total. The van der Waals surface area contributed by atoms with Crippen molar-refractivity contribution in [3.05, 3.63) is 69.8 Å². The highest BCUT2D eigenvalue weighted by molar-refractivity contribution is 6.30. The summed E-state index contributed by atoms with van der Waals surface area (Å²) in [5.74, 6) is 0.693. The molecule has 1 aromatic carbocycles. The van der Waals surface area contributed by atoms with E-state index < -0.39 is 0 Å². The van der Waals surface area contributed by atoms with E-state index in [2.05, 4.69) is 10.2 Å². The van der Waals surface area contributed by atoms with Gasteiger partial charge in [0.2, 0.25) is 0 Å². The smallest absolute Gasteiger partial charge is 0.189 e. The summed E-state index contributed by atoms with van der Waals surface area (Å²) in [6, 6.07) is 5.76. The quantitative estimate of drug-likeness (QED) is 0.478. The van der Waals surface area contributed by atoms with Gasteiger partial charge in [-0.25, -0.2) is 0 Å². The summed E-state index contributed by atoms with van der Waals surface area (Å²) in [7, 11) is 3.46. The van der Waals surface area contributed by atoms with Crippen LogP contribution in [0.15, 0.2) is 36.7 Å². The van der Waals surface area contributed by atoms with E-state index in [9.17, 15) is 4.79 Å². The number of methoxy groups -OCH3 is 1. The van der Waals surface area contributed by atoms with Gasteiger partial charge >= 0.3 is 0 Å². The molecule has 0 unspecified atom stereocenters. The van der Waals surface area contributed by atoms with Gasteiger partial charge in [0.25, 0.3) is 0 Å². The minimum Gasteiger partial charge on any atom is -0.496 e. The van der Waals surface area contributed by atoms with Crippen LogP contribution in [0.3, 0.4) is 0 Å². The number of rotatable bonds is 6. The summed E-state index contributed by atoms with van der Waals surface area (Å²) < 4.78 is 8.89. The van der Waals surface area contributed by atoms with Gasteiger partial charge in [0.15, 0.2) is 5.78 Å². The molecule has 3 rings (SSSR count). The Morgan fingerprint density at radius 1 is 1.33 bits per heavy atom. The van der Waals surface area contributed by atoms with Gasteiger partial charge in [0.05, 0.1) is 36.1 Å². The van der Waals surface area contributed by atoms with Gasteiger partial charge in [-0.1, -0.05) is 23.7 Å². The molecule has 0 spiro atoms. The molecule has 0 aliphatic heterocycles. The summed E-state index contributed by atoms with van der Waals surface area (Å²) in [6.07, 6.45) is 6.72. The minimum atomic E-state index is -0.0608. The number of aryl methyl sites for hydroxylation is 2. The van der Waals surface area contributed by atoms with E-state index >= 15 is 0 Å². The van der Waals surface area contributed by atoms with Crippen molar-refractivity contribution in [3.63, 3.8) is 0 Å². The second-order valence-electron chi connectivity index (χ2n) is 6.29. The van der Waals surface area contributed by atoms with Crippen molar-refractivity contribution >= 4 is 23.5 Å². The molecule has 7 heteroatoms. The molecular weight excluding hydrogens is 364 g/mol. The van der Waals surface area contributed by atoms with Crippen molar-refractivity contribution in [3.8, 4) is 5.75 Å². The Kier molecular flexibility index (Phi) is 5.46. The van der Waals surface area contributed by atoms with E-state index in [0.717, 1.165) is 28.3 Å². The number of carbonyl (C=O) groups is 1. The fourth-order valence-electron chi connectivity index (χ4n) is 3.01. The number of hydrogen-bond donors (Lipinski definition) is 0. The van der Waals surface area contributed by atoms with Crippen LogP contribution >= 0.6 is 11.6 Å². The highest BCUT2D eigenvalue weighted by atomic mass is 35.5. The standard InChI is InChI=1S/C20H21ClN4O2/c1-13-20(14(2)24(3)23-13)18(26)7-5-15-6-8-19(27-4)16(9-15)11-25-12-17(21)10-22-25/h5-10,12H,11H2,1-4H3/b7-5+. The number of halogens is 1. The zero-order valence-corrected chi connectivity index (χ0v) is 16.5. The number of ketones is 1. The Morgan fingerprint density at radius 2 is 2.11 bits per heavy atom. The molecule has 3 aromatic rings. The van der Waals surface area contributed by atoms with Gasteiger partial charge < -0.3 is 4.74 Å². The van der Waals surface area contributed by atoms with E-state index in [1.807, 2.05) is 39.1 Å². The zero-order valence-electron chi connectivity index (χ0n) is 15.7. The molecule has 0 aliphatic rings. The van der Waals surface area contributed by atoms with Crippen molar-refractivity contribution in [2.75, 3.05) is 7.11 Å². The van der Waals surface area contributed by atoms with Crippen LogP contribution in [0.4, 0.5) is 0 Å². The Bertz CT molecular complexity index is 1020. The van der Waals surface area contributed by atoms with Gasteiger partial charge in [-0.05, 0) is 37.6 Å².